The molecule has 0 fully saturated rings. The summed E-state index contributed by atoms with van der Waals surface area (Å²) >= 11 is 0. The molecule has 0 aliphatic rings. The Hall–Kier alpha value is -2.54. The van der Waals surface area contributed by atoms with Gasteiger partial charge in [0.15, 0.2) is 0 Å². The number of fused-ring (bicyclic) bond motifs is 1. The summed E-state index contributed by atoms with van der Waals surface area (Å²) in [7, 11) is 0. The van der Waals surface area contributed by atoms with Gasteiger partial charge in [0.05, 0.1) is 0 Å². The molecular formula is C19H19N. The van der Waals surface area contributed by atoms with Gasteiger partial charge in [0, 0.05) is 11.1 Å². The molecule has 0 spiro atoms. The van der Waals surface area contributed by atoms with Gasteiger partial charge in [-0.15, -0.1) is 6.58 Å². The Bertz CT molecular complexity index is 666. The summed E-state index contributed by atoms with van der Waals surface area (Å²) in [5.74, 6) is 0. The van der Waals surface area contributed by atoms with E-state index in [1.165, 1.54) is 10.9 Å². The molecule has 0 aliphatic heterocycles. The second-order valence-electron chi connectivity index (χ2n) is 4.55. The molecule has 20 heavy (non-hydrogen) atoms. The average molecular weight is 261 g/mol. The maximum atomic E-state index is 5.76. The lowest BCUT2D eigenvalue weighted by atomic mass is 10.1. The van der Waals surface area contributed by atoms with E-state index >= 15 is 0 Å². The van der Waals surface area contributed by atoms with Crippen LogP contribution >= 0.6 is 0 Å². The second-order valence-corrected chi connectivity index (χ2v) is 4.55. The van der Waals surface area contributed by atoms with Crippen molar-refractivity contribution >= 4 is 16.5 Å². The van der Waals surface area contributed by atoms with Crippen LogP contribution in [-0.4, -0.2) is 0 Å². The van der Waals surface area contributed by atoms with Crippen LogP contribution in [-0.2, 0) is 6.42 Å². The van der Waals surface area contributed by atoms with Gasteiger partial charge in [0.1, 0.15) is 0 Å². The van der Waals surface area contributed by atoms with Crippen molar-refractivity contribution in [3.8, 4) is 0 Å². The summed E-state index contributed by atoms with van der Waals surface area (Å²) in [4.78, 5) is 0. The Kier molecular flexibility index (Phi) is 4.96. The number of hydrogen-bond donors (Lipinski definition) is 1. The van der Waals surface area contributed by atoms with E-state index in [4.69, 9.17) is 5.73 Å². The van der Waals surface area contributed by atoms with Gasteiger partial charge < -0.3 is 5.73 Å². The third kappa shape index (κ3) is 3.72. The third-order valence-electron chi connectivity index (χ3n) is 3.05. The average Bonchev–Trinajstić information content (AvgIpc) is 2.50. The molecule has 1 heteroatoms. The van der Waals surface area contributed by atoms with Gasteiger partial charge >= 0.3 is 0 Å². The lowest BCUT2D eigenvalue weighted by molar-refractivity contribution is 1.28. The standard InChI is InChI=1S/C10H9N.C9H10/c11-10-7-3-5-8-4-1-2-6-9(8)10;1-2-6-9-7-4-3-5-8-9/h1-7H,11H2;2-5,7-8H,1,6H2. The molecule has 2 N–H and O–H groups in total. The van der Waals surface area contributed by atoms with Gasteiger partial charge in [-0.1, -0.05) is 72.8 Å². The van der Waals surface area contributed by atoms with Gasteiger partial charge in [0.2, 0.25) is 0 Å². The van der Waals surface area contributed by atoms with E-state index in [-0.39, 0.29) is 0 Å². The minimum Gasteiger partial charge on any atom is -0.398 e. The predicted molar refractivity (Wildman–Crippen MR) is 88.7 cm³/mol. The Labute approximate surface area is 120 Å². The summed E-state index contributed by atoms with van der Waals surface area (Å²) < 4.78 is 0. The molecule has 0 atom stereocenters. The predicted octanol–water partition coefficient (Wildman–Crippen LogP) is 4.84. The van der Waals surface area contributed by atoms with Crippen LogP contribution in [0, 0.1) is 0 Å². The number of nitrogen functional groups attached to an aromatic ring is 1. The first-order valence-electron chi connectivity index (χ1n) is 6.69. The first-order valence-corrected chi connectivity index (χ1v) is 6.69. The lowest BCUT2D eigenvalue weighted by Gasteiger charge is -1.98. The van der Waals surface area contributed by atoms with Crippen molar-refractivity contribution in [2.24, 2.45) is 0 Å². The number of nitrogens with two attached hydrogens (primary N) is 1. The number of benzene rings is 3. The molecule has 3 aromatic rings. The van der Waals surface area contributed by atoms with E-state index in [0.717, 1.165) is 17.5 Å². The minimum absolute atomic E-state index is 0.850. The molecular weight excluding hydrogens is 242 g/mol. The largest absolute Gasteiger partial charge is 0.398 e. The smallest absolute Gasteiger partial charge is 0.0393 e. The summed E-state index contributed by atoms with van der Waals surface area (Å²) in [5.41, 5.74) is 7.93. The molecule has 0 unspecified atom stereocenters. The zero-order chi connectivity index (χ0) is 14.2. The topological polar surface area (TPSA) is 26.0 Å². The van der Waals surface area contributed by atoms with Gasteiger partial charge in [-0.2, -0.15) is 0 Å². The molecule has 0 heterocycles. The van der Waals surface area contributed by atoms with Crippen LogP contribution in [0.1, 0.15) is 5.56 Å². The molecule has 3 rings (SSSR count). The SMILES string of the molecule is C=CCc1ccccc1.Nc1cccc2ccccc12. The number of anilines is 1. The van der Waals surface area contributed by atoms with Gasteiger partial charge in [-0.25, -0.2) is 0 Å². The first kappa shape index (κ1) is 13.9. The van der Waals surface area contributed by atoms with Crippen molar-refractivity contribution < 1.29 is 0 Å². The van der Waals surface area contributed by atoms with E-state index in [1.807, 2.05) is 54.6 Å². The maximum Gasteiger partial charge on any atom is 0.0393 e. The quantitative estimate of drug-likeness (QED) is 0.518. The van der Waals surface area contributed by atoms with Crippen molar-refractivity contribution in [3.63, 3.8) is 0 Å². The highest BCUT2D eigenvalue weighted by Gasteiger charge is 1.92. The fourth-order valence-corrected chi connectivity index (χ4v) is 2.03. The fourth-order valence-electron chi connectivity index (χ4n) is 2.03. The Morgan fingerprint density at radius 3 is 2.15 bits per heavy atom. The molecule has 0 bridgehead atoms. The molecule has 0 aromatic heterocycles. The Morgan fingerprint density at radius 1 is 0.800 bits per heavy atom. The first-order chi connectivity index (χ1) is 9.81. The van der Waals surface area contributed by atoms with E-state index in [0.29, 0.717) is 0 Å². The number of hydrogen-bond acceptors (Lipinski definition) is 1. The van der Waals surface area contributed by atoms with Crippen LogP contribution in [0.15, 0.2) is 85.5 Å². The monoisotopic (exact) mass is 261 g/mol. The molecule has 0 saturated carbocycles. The third-order valence-corrected chi connectivity index (χ3v) is 3.05. The molecule has 0 saturated heterocycles. The van der Waals surface area contributed by atoms with Crippen LogP contribution in [0.2, 0.25) is 0 Å². The summed E-state index contributed by atoms with van der Waals surface area (Å²) in [6, 6.07) is 24.4. The van der Waals surface area contributed by atoms with E-state index in [1.54, 1.807) is 0 Å². The molecule has 100 valence electrons. The highest BCUT2D eigenvalue weighted by atomic mass is 14.5. The lowest BCUT2D eigenvalue weighted by Crippen LogP contribution is -1.84. The van der Waals surface area contributed by atoms with Gasteiger partial charge in [-0.05, 0) is 23.4 Å². The molecule has 1 nitrogen and oxygen atoms in total. The zero-order valence-electron chi connectivity index (χ0n) is 11.5. The van der Waals surface area contributed by atoms with Crippen molar-refractivity contribution in [2.75, 3.05) is 5.73 Å². The number of rotatable bonds is 2. The van der Waals surface area contributed by atoms with Crippen LogP contribution in [0.5, 0.6) is 0 Å². The Morgan fingerprint density at radius 2 is 1.45 bits per heavy atom. The second kappa shape index (κ2) is 7.15. The van der Waals surface area contributed by atoms with Gasteiger partial charge in [0.25, 0.3) is 0 Å². The van der Waals surface area contributed by atoms with Crippen molar-refractivity contribution in [1.82, 2.24) is 0 Å². The summed E-state index contributed by atoms with van der Waals surface area (Å²) in [5, 5.41) is 2.34. The highest BCUT2D eigenvalue weighted by Crippen LogP contribution is 2.19. The maximum absolute atomic E-state index is 5.76. The normalized spacial score (nSPS) is 9.60. The molecule has 3 aromatic carbocycles. The highest BCUT2D eigenvalue weighted by molar-refractivity contribution is 5.92. The minimum atomic E-state index is 0.850. The van der Waals surface area contributed by atoms with Crippen molar-refractivity contribution in [3.05, 3.63) is 91.0 Å². The Balaban J connectivity index is 0.000000151. The van der Waals surface area contributed by atoms with Crippen LogP contribution in [0.3, 0.4) is 0 Å². The fraction of sp³-hybridized carbons (Fsp3) is 0.0526. The zero-order valence-corrected chi connectivity index (χ0v) is 11.5. The van der Waals surface area contributed by atoms with Crippen molar-refractivity contribution in [2.45, 2.75) is 6.42 Å². The summed E-state index contributed by atoms with van der Waals surface area (Å²) in [6.45, 7) is 3.66. The van der Waals surface area contributed by atoms with E-state index < -0.39 is 0 Å². The molecule has 0 radical (unpaired) electrons. The molecule has 0 amide bonds. The van der Waals surface area contributed by atoms with Crippen LogP contribution in [0.4, 0.5) is 5.69 Å². The van der Waals surface area contributed by atoms with Crippen LogP contribution < -0.4 is 5.73 Å². The van der Waals surface area contributed by atoms with E-state index in [9.17, 15) is 0 Å². The van der Waals surface area contributed by atoms with Crippen LogP contribution in [0.25, 0.3) is 10.8 Å². The number of allylic oxidation sites excluding steroid dienone is 1. The van der Waals surface area contributed by atoms with Gasteiger partial charge in [-0.3, -0.25) is 0 Å². The van der Waals surface area contributed by atoms with Crippen molar-refractivity contribution in [1.29, 1.82) is 0 Å². The summed E-state index contributed by atoms with van der Waals surface area (Å²) in [6.07, 6.45) is 2.89. The molecule has 0 aliphatic carbocycles. The van der Waals surface area contributed by atoms with E-state index in [2.05, 4.69) is 30.8 Å².